The Morgan fingerprint density at radius 3 is 1.11 bits per heavy atom. The summed E-state index contributed by atoms with van der Waals surface area (Å²) in [7, 11) is 0. The predicted octanol–water partition coefficient (Wildman–Crippen LogP) is 27.5. The van der Waals surface area contributed by atoms with Crippen molar-refractivity contribution >= 4 is 96.1 Å². The lowest BCUT2D eigenvalue weighted by Gasteiger charge is -2.45. The Morgan fingerprint density at radius 2 is 0.649 bits per heavy atom. The van der Waals surface area contributed by atoms with Gasteiger partial charge in [-0.1, -0.05) is 313 Å². The average Bonchev–Trinajstić information content (AvgIpc) is 1.15. The lowest BCUT2D eigenvalue weighted by atomic mass is 9.33. The number of hydrogen-bond donors (Lipinski definition) is 0. The molecule has 0 saturated carbocycles. The van der Waals surface area contributed by atoms with Gasteiger partial charge in [0.2, 0.25) is 0 Å². The summed E-state index contributed by atoms with van der Waals surface area (Å²) in [6.07, 6.45) is 0. The molecule has 0 radical (unpaired) electrons. The molecule has 0 spiro atoms. The first-order valence-electron chi connectivity index (χ1n) is 43.1. The van der Waals surface area contributed by atoms with E-state index in [1.807, 2.05) is 53.1 Å². The van der Waals surface area contributed by atoms with Gasteiger partial charge in [-0.25, -0.2) is 0 Å². The summed E-state index contributed by atoms with van der Waals surface area (Å²) in [6, 6.07) is 101. The highest BCUT2D eigenvalue weighted by Crippen LogP contribution is 2.52. The Labute approximate surface area is 669 Å². The molecule has 0 fully saturated rings. The average molecular weight is 1440 g/mol. The molecule has 0 aliphatic carbocycles. The van der Waals surface area contributed by atoms with E-state index in [0.29, 0.717) is 28.0 Å². The van der Waals surface area contributed by atoms with E-state index in [-0.39, 0.29) is 50.3 Å². The van der Waals surface area contributed by atoms with Gasteiger partial charge in [0.15, 0.2) is 0 Å². The van der Waals surface area contributed by atoms with E-state index in [9.17, 15) is 8.22 Å². The van der Waals surface area contributed by atoms with E-state index in [1.165, 1.54) is 22.3 Å². The van der Waals surface area contributed by atoms with Crippen LogP contribution >= 0.6 is 0 Å². The third-order valence-electron chi connectivity index (χ3n) is 22.5. The first-order valence-corrected chi connectivity index (χ1v) is 38.6. The molecule has 111 heavy (non-hydrogen) atoms. The minimum Gasteiger partial charge on any atom is -0.311 e. The maximum Gasteiger partial charge on any atom is 0.252 e. The van der Waals surface area contributed by atoms with Gasteiger partial charge in [0.25, 0.3) is 6.71 Å². The molecule has 0 saturated heterocycles. The second kappa shape index (κ2) is 27.3. The Bertz CT molecular complexity index is 6610. The normalized spacial score (nSPS) is 13.9. The van der Waals surface area contributed by atoms with Gasteiger partial charge in [-0.2, -0.15) is 0 Å². The summed E-state index contributed by atoms with van der Waals surface area (Å²) >= 11 is 0. The minimum absolute atomic E-state index is 0.0763. The van der Waals surface area contributed by atoms with Crippen LogP contribution in [-0.4, -0.2) is 11.3 Å². The molecule has 0 amide bonds. The van der Waals surface area contributed by atoms with Crippen molar-refractivity contribution in [3.8, 4) is 72.4 Å². The SMILES string of the molecule is [2H]c1c([2H])c([2H])c(N(c2ccccc2)c2ccc3c(c2)c2c([2H])c([2H])c([2H])c([2H])c2n3-c2ccc3c(c2)N(c2cc(-c4ccccc4)cc(-c4ccccc4)c2)c2cc(-c4cc(C(C)(C)C)cc(C(C)(C)C)c4)cc4c2B3c2ccc(-c3cc(C(C)(C)C)cc(C(C)(C)C)c3)cc2N4c2cc(-c3ccccc3)cc(-c3ccccc3)c2)c([2H])c1[2H]. The number of fused-ring (bicyclic) bond motifs is 7. The first-order chi connectivity index (χ1) is 57.3. The second-order valence-corrected chi connectivity index (χ2v) is 34.1. The van der Waals surface area contributed by atoms with Crippen LogP contribution in [0, 0.1) is 0 Å². The smallest absolute Gasteiger partial charge is 0.252 e. The zero-order chi connectivity index (χ0) is 84.1. The van der Waals surface area contributed by atoms with Crippen molar-refractivity contribution in [2.75, 3.05) is 14.7 Å². The van der Waals surface area contributed by atoms with Crippen LogP contribution in [0.25, 0.3) is 94.3 Å². The molecule has 2 aliphatic rings. The van der Waals surface area contributed by atoms with Gasteiger partial charge in [0, 0.05) is 67.6 Å². The third-order valence-corrected chi connectivity index (χ3v) is 22.5. The molecule has 3 heterocycles. The van der Waals surface area contributed by atoms with E-state index in [1.54, 1.807) is 4.90 Å². The van der Waals surface area contributed by atoms with E-state index in [4.69, 9.17) is 4.11 Å². The number of para-hydroxylation sites is 3. The van der Waals surface area contributed by atoms with Gasteiger partial charge < -0.3 is 19.3 Å². The van der Waals surface area contributed by atoms with Gasteiger partial charge in [-0.05, 0) is 242 Å². The van der Waals surface area contributed by atoms with E-state index < -0.39 is 49.0 Å². The fourth-order valence-electron chi connectivity index (χ4n) is 16.5. The zero-order valence-corrected chi connectivity index (χ0v) is 65.1. The van der Waals surface area contributed by atoms with Crippen molar-refractivity contribution in [2.45, 2.75) is 105 Å². The van der Waals surface area contributed by atoms with Gasteiger partial charge in [0.1, 0.15) is 0 Å². The molecule has 2 aliphatic heterocycles. The topological polar surface area (TPSA) is 14.7 Å². The molecule has 0 atom stereocenters. The lowest BCUT2D eigenvalue weighted by molar-refractivity contribution is 0.568. The highest BCUT2D eigenvalue weighted by molar-refractivity contribution is 7.00. The molecule has 0 bridgehead atoms. The molecule has 5 heteroatoms. The maximum atomic E-state index is 10.2. The van der Waals surface area contributed by atoms with Crippen LogP contribution in [0.15, 0.2) is 346 Å². The fraction of sp³-hybridized carbons (Fsp3) is 0.151. The highest BCUT2D eigenvalue weighted by atomic mass is 15.2. The number of anilines is 9. The van der Waals surface area contributed by atoms with Crippen LogP contribution in [0.1, 0.15) is 118 Å². The predicted molar refractivity (Wildman–Crippen MR) is 477 cm³/mol. The van der Waals surface area contributed by atoms with Crippen molar-refractivity contribution in [1.29, 1.82) is 0 Å². The van der Waals surface area contributed by atoms with Gasteiger partial charge in [-0.3, -0.25) is 0 Å². The Morgan fingerprint density at radius 1 is 0.261 bits per heavy atom. The summed E-state index contributed by atoms with van der Waals surface area (Å²) in [5.74, 6) is 0. The lowest BCUT2D eigenvalue weighted by Crippen LogP contribution is -2.61. The molecule has 1 aromatic heterocycles. The Balaban J connectivity index is 0.996. The minimum atomic E-state index is -0.524. The van der Waals surface area contributed by atoms with E-state index >= 15 is 0 Å². The van der Waals surface area contributed by atoms with Crippen LogP contribution in [0.2, 0.25) is 0 Å². The number of nitrogens with zero attached hydrogens (tertiary/aromatic N) is 4. The molecule has 0 N–H and O–H groups in total. The summed E-state index contributed by atoms with van der Waals surface area (Å²) in [6.45, 7) is 27.1. The number of aromatic nitrogens is 1. The molecular formula is C106H93BN4. The van der Waals surface area contributed by atoms with Crippen molar-refractivity contribution in [3.63, 3.8) is 0 Å². The van der Waals surface area contributed by atoms with Crippen molar-refractivity contribution < 1.29 is 12.3 Å². The van der Waals surface area contributed by atoms with Crippen molar-refractivity contribution in [3.05, 3.63) is 368 Å². The summed E-state index contributed by atoms with van der Waals surface area (Å²) in [4.78, 5) is 6.67. The van der Waals surface area contributed by atoms with Gasteiger partial charge in [-0.15, -0.1) is 0 Å². The Kier molecular flexibility index (Phi) is 14.9. The monoisotopic (exact) mass is 1440 g/mol. The number of benzene rings is 15. The van der Waals surface area contributed by atoms with Crippen LogP contribution in [0.3, 0.4) is 0 Å². The van der Waals surface area contributed by atoms with Crippen LogP contribution in [0.4, 0.5) is 51.2 Å². The quantitative estimate of drug-likeness (QED) is 0.113. The number of rotatable bonds is 12. The summed E-state index contributed by atoms with van der Waals surface area (Å²) in [5, 5.41) is 0.710. The van der Waals surface area contributed by atoms with Crippen molar-refractivity contribution in [2.24, 2.45) is 0 Å². The largest absolute Gasteiger partial charge is 0.311 e. The third kappa shape index (κ3) is 13.0. The van der Waals surface area contributed by atoms with Gasteiger partial charge >= 0.3 is 0 Å². The zero-order valence-electron chi connectivity index (χ0n) is 74.1. The second-order valence-electron chi connectivity index (χ2n) is 34.1. The Hall–Kier alpha value is -12.4. The van der Waals surface area contributed by atoms with Gasteiger partial charge in [0.05, 0.1) is 23.4 Å². The van der Waals surface area contributed by atoms with E-state index in [2.05, 4.69) is 336 Å². The fourth-order valence-corrected chi connectivity index (χ4v) is 16.5. The van der Waals surface area contributed by atoms with Crippen LogP contribution in [-0.2, 0) is 21.7 Å². The molecule has 540 valence electrons. The standard InChI is InChI=1S/C106H93BN4/c1-103(2,3)82-55-79(56-83(66-82)104(4,5)6)74-47-50-94-98(63-74)110(90-59-75(70-33-19-13-20-34-70)53-76(60-90)71-35-21-14-22-36-71)100-64-81(80-57-84(105(7,8)9)67-85(58-80)106(10,11)12)65-101-102(100)107(94)95-51-48-89(69-99(95)111(101)91-61-77(72-37-23-15-24-38-72)54-78(62-91)73-39-25-16-26-40-73)109-96-46-32-31-45-92(96)93-68-88(49-52-97(93)109)108(86-41-27-17-28-42-86)87-43-29-18-30-44-87/h13-69H,1-12H3/i17D,27D,28D,31D,32D,41D,42D,45D,46D. The summed E-state index contributed by atoms with van der Waals surface area (Å²) in [5.41, 5.74) is 27.8. The maximum absolute atomic E-state index is 10.2. The van der Waals surface area contributed by atoms with E-state index in [0.717, 1.165) is 117 Å². The first kappa shape index (κ1) is 60.5. The molecule has 16 aromatic rings. The number of hydrogen-bond acceptors (Lipinski definition) is 3. The van der Waals surface area contributed by atoms with Crippen LogP contribution in [0.5, 0.6) is 0 Å². The molecule has 18 rings (SSSR count). The molecule has 15 aromatic carbocycles. The molecule has 0 unspecified atom stereocenters. The van der Waals surface area contributed by atoms with Crippen molar-refractivity contribution in [1.82, 2.24) is 4.57 Å². The summed E-state index contributed by atoms with van der Waals surface area (Å²) < 4.78 is 86.4. The molecular weight excluding hydrogens is 1340 g/mol. The van der Waals surface area contributed by atoms with Crippen LogP contribution < -0.4 is 31.1 Å². The highest BCUT2D eigenvalue weighted by Gasteiger charge is 2.45. The molecule has 4 nitrogen and oxygen atoms in total.